The van der Waals surface area contributed by atoms with Crippen LogP contribution in [0, 0.1) is 5.82 Å². The van der Waals surface area contributed by atoms with Crippen LogP contribution >= 0.6 is 0 Å². The number of aromatic nitrogens is 4. The fraction of sp³-hybridized carbons (Fsp3) is 0.389. The molecule has 3 aromatic rings. The Hall–Kier alpha value is -2.74. The number of ether oxygens (including phenoxy) is 1. The number of halogens is 1. The molecule has 1 aliphatic heterocycles. The molecule has 0 radical (unpaired) electrons. The van der Waals surface area contributed by atoms with Crippen LogP contribution in [0.2, 0.25) is 0 Å². The summed E-state index contributed by atoms with van der Waals surface area (Å²) in [7, 11) is 1.50. The Morgan fingerprint density at radius 3 is 2.92 bits per heavy atom. The fourth-order valence-corrected chi connectivity index (χ4v) is 3.20. The first kappa shape index (κ1) is 16.7. The van der Waals surface area contributed by atoms with E-state index < -0.39 is 5.82 Å². The zero-order valence-electron chi connectivity index (χ0n) is 14.5. The summed E-state index contributed by atoms with van der Waals surface area (Å²) in [4.78, 5) is 0. The van der Waals surface area contributed by atoms with E-state index in [-0.39, 0.29) is 0 Å². The average molecular weight is 357 g/mol. The molecule has 0 atom stereocenters. The average Bonchev–Trinajstić information content (AvgIpc) is 3.32. The van der Waals surface area contributed by atoms with Crippen LogP contribution in [0.25, 0.3) is 11.3 Å². The van der Waals surface area contributed by atoms with Gasteiger partial charge in [-0.2, -0.15) is 0 Å². The number of rotatable bonds is 5. The van der Waals surface area contributed by atoms with Crippen molar-refractivity contribution < 1.29 is 13.7 Å². The highest BCUT2D eigenvalue weighted by atomic mass is 19.1. The lowest BCUT2D eigenvalue weighted by molar-refractivity contribution is 0.352. The molecule has 1 saturated heterocycles. The summed E-state index contributed by atoms with van der Waals surface area (Å²) in [5, 5.41) is 15.7. The summed E-state index contributed by atoms with van der Waals surface area (Å²) in [5.41, 5.74) is 1.83. The van der Waals surface area contributed by atoms with Crippen molar-refractivity contribution in [2.75, 3.05) is 20.2 Å². The smallest absolute Gasteiger partial charge is 0.158 e. The SMILES string of the molecule is COc1ccc(-c2cn(Cc3cc(C4CCNCC4)no3)nn2)c(F)c1. The van der Waals surface area contributed by atoms with Crippen LogP contribution in [-0.2, 0) is 6.54 Å². The van der Waals surface area contributed by atoms with Crippen LogP contribution in [0.3, 0.4) is 0 Å². The topological polar surface area (TPSA) is 78.0 Å². The van der Waals surface area contributed by atoms with Gasteiger partial charge < -0.3 is 14.6 Å². The number of piperidine rings is 1. The molecule has 7 nitrogen and oxygen atoms in total. The summed E-state index contributed by atoms with van der Waals surface area (Å²) in [6.45, 7) is 2.42. The number of hydrogen-bond donors (Lipinski definition) is 1. The Balaban J connectivity index is 1.48. The summed E-state index contributed by atoms with van der Waals surface area (Å²) in [5.74, 6) is 1.22. The Bertz CT molecular complexity index is 885. The van der Waals surface area contributed by atoms with E-state index in [9.17, 15) is 4.39 Å². The second-order valence-electron chi connectivity index (χ2n) is 6.39. The minimum absolute atomic E-state index is 0.380. The predicted octanol–water partition coefficient (Wildman–Crippen LogP) is 2.60. The highest BCUT2D eigenvalue weighted by molar-refractivity contribution is 5.59. The molecule has 1 aliphatic rings. The molecule has 2 aromatic heterocycles. The number of nitrogens with one attached hydrogen (secondary N) is 1. The maximum atomic E-state index is 14.2. The second-order valence-corrected chi connectivity index (χ2v) is 6.39. The van der Waals surface area contributed by atoms with Crippen LogP contribution in [0.15, 0.2) is 35.0 Å². The third-order valence-corrected chi connectivity index (χ3v) is 4.64. The third-order valence-electron chi connectivity index (χ3n) is 4.64. The Morgan fingerprint density at radius 1 is 1.31 bits per heavy atom. The van der Waals surface area contributed by atoms with E-state index in [2.05, 4.69) is 20.8 Å². The van der Waals surface area contributed by atoms with Gasteiger partial charge in [0.2, 0.25) is 0 Å². The molecule has 0 bridgehead atoms. The molecule has 26 heavy (non-hydrogen) atoms. The molecule has 0 saturated carbocycles. The standard InChI is InChI=1S/C18H20FN5O2/c1-25-13-2-3-15(16(19)8-13)18-11-24(23-21-18)10-14-9-17(22-26-14)12-4-6-20-7-5-12/h2-3,8-9,11-12,20H,4-7,10H2,1H3. The Morgan fingerprint density at radius 2 is 2.15 bits per heavy atom. The van der Waals surface area contributed by atoms with Crippen LogP contribution < -0.4 is 10.1 Å². The van der Waals surface area contributed by atoms with Crippen molar-refractivity contribution in [2.45, 2.75) is 25.3 Å². The molecular formula is C18H20FN5O2. The molecule has 0 amide bonds. The highest BCUT2D eigenvalue weighted by Gasteiger charge is 2.19. The van der Waals surface area contributed by atoms with Gasteiger partial charge in [0.05, 0.1) is 19.0 Å². The van der Waals surface area contributed by atoms with Gasteiger partial charge >= 0.3 is 0 Å². The van der Waals surface area contributed by atoms with E-state index in [1.807, 2.05) is 6.07 Å². The van der Waals surface area contributed by atoms with E-state index in [0.717, 1.165) is 31.6 Å². The predicted molar refractivity (Wildman–Crippen MR) is 92.4 cm³/mol. The van der Waals surface area contributed by atoms with Crippen molar-refractivity contribution >= 4 is 0 Å². The van der Waals surface area contributed by atoms with E-state index in [4.69, 9.17) is 9.26 Å². The van der Waals surface area contributed by atoms with E-state index in [1.54, 1.807) is 23.0 Å². The van der Waals surface area contributed by atoms with Gasteiger partial charge in [-0.1, -0.05) is 10.4 Å². The number of methoxy groups -OCH3 is 1. The molecule has 3 heterocycles. The van der Waals surface area contributed by atoms with Gasteiger partial charge in [-0.05, 0) is 38.1 Å². The van der Waals surface area contributed by atoms with Gasteiger partial charge in [-0.3, -0.25) is 0 Å². The summed E-state index contributed by atoms with van der Waals surface area (Å²) >= 11 is 0. The number of nitrogens with zero attached hydrogens (tertiary/aromatic N) is 4. The summed E-state index contributed by atoms with van der Waals surface area (Å²) in [6, 6.07) is 6.63. The van der Waals surface area contributed by atoms with Crippen molar-refractivity contribution in [3.8, 4) is 17.0 Å². The minimum atomic E-state index is -0.399. The molecule has 0 spiro atoms. The van der Waals surface area contributed by atoms with E-state index in [0.29, 0.717) is 35.2 Å². The van der Waals surface area contributed by atoms with Gasteiger partial charge in [0, 0.05) is 23.6 Å². The lowest BCUT2D eigenvalue weighted by Gasteiger charge is -2.19. The first-order valence-corrected chi connectivity index (χ1v) is 8.63. The molecule has 0 aliphatic carbocycles. The largest absolute Gasteiger partial charge is 0.497 e. The van der Waals surface area contributed by atoms with Crippen LogP contribution in [0.5, 0.6) is 5.75 Å². The monoisotopic (exact) mass is 357 g/mol. The lowest BCUT2D eigenvalue weighted by atomic mass is 9.95. The molecule has 1 fully saturated rings. The van der Waals surface area contributed by atoms with Crippen molar-refractivity contribution in [2.24, 2.45) is 0 Å². The summed E-state index contributed by atoms with van der Waals surface area (Å²) < 4.78 is 26.3. The molecule has 0 unspecified atom stereocenters. The van der Waals surface area contributed by atoms with Crippen LogP contribution in [-0.4, -0.2) is 40.3 Å². The lowest BCUT2D eigenvalue weighted by Crippen LogP contribution is -2.26. The number of benzene rings is 1. The minimum Gasteiger partial charge on any atom is -0.497 e. The van der Waals surface area contributed by atoms with Crippen molar-refractivity contribution in [3.05, 3.63) is 47.7 Å². The third kappa shape index (κ3) is 3.45. The maximum Gasteiger partial charge on any atom is 0.158 e. The van der Waals surface area contributed by atoms with Crippen molar-refractivity contribution in [1.82, 2.24) is 25.5 Å². The van der Waals surface area contributed by atoms with E-state index in [1.165, 1.54) is 13.2 Å². The van der Waals surface area contributed by atoms with Crippen LogP contribution in [0.1, 0.15) is 30.2 Å². The van der Waals surface area contributed by atoms with Gasteiger partial charge in [0.1, 0.15) is 23.8 Å². The normalized spacial score (nSPS) is 15.3. The van der Waals surface area contributed by atoms with Crippen molar-refractivity contribution in [1.29, 1.82) is 0 Å². The molecular weight excluding hydrogens is 337 g/mol. The Kier molecular flexibility index (Phi) is 4.66. The molecule has 4 rings (SSSR count). The summed E-state index contributed by atoms with van der Waals surface area (Å²) in [6.07, 6.45) is 3.82. The first-order chi connectivity index (χ1) is 12.7. The van der Waals surface area contributed by atoms with Gasteiger partial charge in [0.15, 0.2) is 5.76 Å². The quantitative estimate of drug-likeness (QED) is 0.756. The number of hydrogen-bond acceptors (Lipinski definition) is 6. The highest BCUT2D eigenvalue weighted by Crippen LogP contribution is 2.26. The first-order valence-electron chi connectivity index (χ1n) is 8.63. The zero-order valence-corrected chi connectivity index (χ0v) is 14.5. The zero-order chi connectivity index (χ0) is 17.9. The van der Waals surface area contributed by atoms with Gasteiger partial charge in [-0.15, -0.1) is 5.10 Å². The van der Waals surface area contributed by atoms with E-state index >= 15 is 0 Å². The fourth-order valence-electron chi connectivity index (χ4n) is 3.20. The molecule has 1 aromatic carbocycles. The van der Waals surface area contributed by atoms with Gasteiger partial charge in [0.25, 0.3) is 0 Å². The van der Waals surface area contributed by atoms with Gasteiger partial charge in [-0.25, -0.2) is 9.07 Å². The van der Waals surface area contributed by atoms with Crippen LogP contribution in [0.4, 0.5) is 4.39 Å². The second kappa shape index (κ2) is 7.25. The molecule has 1 N–H and O–H groups in total. The molecule has 8 heteroatoms. The molecule has 136 valence electrons. The Labute approximate surface area is 150 Å². The van der Waals surface area contributed by atoms with Crippen molar-refractivity contribution in [3.63, 3.8) is 0 Å². The maximum absolute atomic E-state index is 14.2.